The zero-order valence-corrected chi connectivity index (χ0v) is 7.67. The summed E-state index contributed by atoms with van der Waals surface area (Å²) in [7, 11) is 0. The summed E-state index contributed by atoms with van der Waals surface area (Å²) in [4.78, 5) is 0. The fraction of sp³-hybridized carbons (Fsp3) is 0.417. The van der Waals surface area contributed by atoms with Gasteiger partial charge in [-0.05, 0) is 30.4 Å². The zero-order valence-electron chi connectivity index (χ0n) is 7.67. The Kier molecular flexibility index (Phi) is 2.62. The van der Waals surface area contributed by atoms with E-state index in [0.29, 0.717) is 5.92 Å². The molecule has 0 aromatic rings. The van der Waals surface area contributed by atoms with Gasteiger partial charge in [0.05, 0.1) is 0 Å². The topological polar surface area (TPSA) is 0 Å². The van der Waals surface area contributed by atoms with Gasteiger partial charge in [-0.2, -0.15) is 0 Å². The maximum absolute atomic E-state index is 12.8. The van der Waals surface area contributed by atoms with Crippen LogP contribution in [0.5, 0.6) is 0 Å². The van der Waals surface area contributed by atoms with E-state index in [0.717, 1.165) is 5.57 Å². The van der Waals surface area contributed by atoms with Gasteiger partial charge in [0, 0.05) is 6.42 Å². The first-order valence-electron chi connectivity index (χ1n) is 4.95. The molecule has 1 saturated carbocycles. The largest absolute Gasteiger partial charge is 0.211 e. The SMILES string of the molecule is FC1=C/C(=C/C2CCCC2)C=C[CH]1. The summed E-state index contributed by atoms with van der Waals surface area (Å²) >= 11 is 0. The molecule has 0 aromatic carbocycles. The van der Waals surface area contributed by atoms with Crippen molar-refractivity contribution in [2.24, 2.45) is 5.92 Å². The van der Waals surface area contributed by atoms with Crippen LogP contribution in [0.2, 0.25) is 0 Å². The highest BCUT2D eigenvalue weighted by molar-refractivity contribution is 5.41. The number of rotatable bonds is 1. The second kappa shape index (κ2) is 3.91. The molecule has 0 saturated heterocycles. The van der Waals surface area contributed by atoms with E-state index in [1.807, 2.05) is 6.08 Å². The Balaban J connectivity index is 2.05. The molecule has 2 aliphatic rings. The van der Waals surface area contributed by atoms with Gasteiger partial charge < -0.3 is 0 Å². The highest BCUT2D eigenvalue weighted by Crippen LogP contribution is 2.28. The monoisotopic (exact) mass is 177 g/mol. The second-order valence-corrected chi connectivity index (χ2v) is 3.77. The summed E-state index contributed by atoms with van der Waals surface area (Å²) in [6.45, 7) is 0. The van der Waals surface area contributed by atoms with Gasteiger partial charge in [-0.25, -0.2) is 4.39 Å². The molecular formula is C12H14F. The molecule has 69 valence electrons. The van der Waals surface area contributed by atoms with Gasteiger partial charge in [-0.3, -0.25) is 0 Å². The van der Waals surface area contributed by atoms with E-state index in [1.54, 1.807) is 12.2 Å². The molecule has 0 N–H and O–H groups in total. The first kappa shape index (κ1) is 8.74. The third-order valence-electron chi connectivity index (χ3n) is 2.68. The average molecular weight is 177 g/mol. The number of halogens is 1. The molecule has 0 spiro atoms. The number of allylic oxidation sites excluding steroid dienone is 6. The molecule has 2 rings (SSSR count). The van der Waals surface area contributed by atoms with Crippen LogP contribution in [-0.4, -0.2) is 0 Å². The Bertz CT molecular complexity index is 265. The molecule has 13 heavy (non-hydrogen) atoms. The quantitative estimate of drug-likeness (QED) is 0.572. The molecule has 2 aliphatic carbocycles. The summed E-state index contributed by atoms with van der Waals surface area (Å²) in [5.74, 6) is 0.550. The van der Waals surface area contributed by atoms with Crippen LogP contribution in [0.25, 0.3) is 0 Å². The Labute approximate surface area is 78.8 Å². The smallest absolute Gasteiger partial charge is 0.108 e. The van der Waals surface area contributed by atoms with Crippen molar-refractivity contribution >= 4 is 0 Å². The maximum atomic E-state index is 12.8. The van der Waals surface area contributed by atoms with Crippen molar-refractivity contribution in [1.82, 2.24) is 0 Å². The van der Waals surface area contributed by atoms with Gasteiger partial charge in [0.15, 0.2) is 0 Å². The van der Waals surface area contributed by atoms with Gasteiger partial charge >= 0.3 is 0 Å². The van der Waals surface area contributed by atoms with Crippen molar-refractivity contribution in [3.8, 4) is 0 Å². The third kappa shape index (κ3) is 2.30. The van der Waals surface area contributed by atoms with Crippen molar-refractivity contribution in [3.05, 3.63) is 42.1 Å². The molecule has 0 nitrogen and oxygen atoms in total. The molecule has 0 heterocycles. The highest BCUT2D eigenvalue weighted by atomic mass is 19.1. The average Bonchev–Trinajstić information content (AvgIpc) is 2.57. The lowest BCUT2D eigenvalue weighted by atomic mass is 10.0. The predicted molar refractivity (Wildman–Crippen MR) is 52.7 cm³/mol. The fourth-order valence-electron chi connectivity index (χ4n) is 2.01. The Hall–Kier alpha value is -0.850. The first-order valence-corrected chi connectivity index (χ1v) is 4.95. The standard InChI is InChI=1S/C12H14F/c13-12-7-3-6-11(9-12)8-10-4-1-2-5-10/h3,6-10H,1-2,4-5H2/b11-8+. The van der Waals surface area contributed by atoms with Crippen molar-refractivity contribution in [1.29, 1.82) is 0 Å². The third-order valence-corrected chi connectivity index (χ3v) is 2.68. The Morgan fingerprint density at radius 3 is 2.77 bits per heavy atom. The zero-order chi connectivity index (χ0) is 9.10. The summed E-state index contributed by atoms with van der Waals surface area (Å²) in [5, 5.41) is 0. The molecule has 0 amide bonds. The van der Waals surface area contributed by atoms with Gasteiger partial charge in [0.25, 0.3) is 0 Å². The molecule has 0 unspecified atom stereocenters. The normalized spacial score (nSPS) is 26.8. The van der Waals surface area contributed by atoms with E-state index >= 15 is 0 Å². The fourth-order valence-corrected chi connectivity index (χ4v) is 2.01. The molecule has 1 heteroatoms. The van der Waals surface area contributed by atoms with Crippen LogP contribution < -0.4 is 0 Å². The summed E-state index contributed by atoms with van der Waals surface area (Å²) in [5.41, 5.74) is 1.03. The van der Waals surface area contributed by atoms with Crippen molar-refractivity contribution in [3.63, 3.8) is 0 Å². The van der Waals surface area contributed by atoms with Crippen LogP contribution >= 0.6 is 0 Å². The predicted octanol–water partition coefficient (Wildman–Crippen LogP) is 3.73. The van der Waals surface area contributed by atoms with E-state index in [-0.39, 0.29) is 5.83 Å². The molecular weight excluding hydrogens is 163 g/mol. The molecule has 0 aliphatic heterocycles. The van der Waals surface area contributed by atoms with Crippen LogP contribution in [-0.2, 0) is 0 Å². The van der Waals surface area contributed by atoms with E-state index in [9.17, 15) is 4.39 Å². The van der Waals surface area contributed by atoms with Crippen molar-refractivity contribution < 1.29 is 4.39 Å². The van der Waals surface area contributed by atoms with Crippen LogP contribution in [0.1, 0.15) is 25.7 Å². The minimum Gasteiger partial charge on any atom is -0.211 e. The lowest BCUT2D eigenvalue weighted by Gasteiger charge is -2.06. The highest BCUT2D eigenvalue weighted by Gasteiger charge is 2.13. The number of hydrogen-bond acceptors (Lipinski definition) is 0. The van der Waals surface area contributed by atoms with Gasteiger partial charge in [0.2, 0.25) is 0 Å². The lowest BCUT2D eigenvalue weighted by Crippen LogP contribution is -1.91. The van der Waals surface area contributed by atoms with Crippen molar-refractivity contribution in [2.45, 2.75) is 25.7 Å². The summed E-state index contributed by atoms with van der Waals surface area (Å²) < 4.78 is 12.8. The summed E-state index contributed by atoms with van der Waals surface area (Å²) in [6, 6.07) is 0. The molecule has 1 radical (unpaired) electrons. The van der Waals surface area contributed by atoms with Crippen LogP contribution in [0, 0.1) is 12.3 Å². The van der Waals surface area contributed by atoms with Crippen LogP contribution in [0.3, 0.4) is 0 Å². The van der Waals surface area contributed by atoms with Gasteiger partial charge in [0.1, 0.15) is 5.83 Å². The first-order chi connectivity index (χ1) is 6.34. The van der Waals surface area contributed by atoms with Crippen molar-refractivity contribution in [2.75, 3.05) is 0 Å². The van der Waals surface area contributed by atoms with Gasteiger partial charge in [-0.1, -0.05) is 31.1 Å². The minimum absolute atomic E-state index is 0.133. The van der Waals surface area contributed by atoms with E-state index in [1.165, 1.54) is 32.1 Å². The molecule has 0 atom stereocenters. The van der Waals surface area contributed by atoms with E-state index < -0.39 is 0 Å². The van der Waals surface area contributed by atoms with Crippen LogP contribution in [0.15, 0.2) is 35.7 Å². The minimum atomic E-state index is -0.133. The number of hydrogen-bond donors (Lipinski definition) is 0. The Morgan fingerprint density at radius 1 is 1.31 bits per heavy atom. The molecule has 0 bridgehead atoms. The van der Waals surface area contributed by atoms with Crippen LogP contribution in [0.4, 0.5) is 4.39 Å². The Morgan fingerprint density at radius 2 is 2.08 bits per heavy atom. The van der Waals surface area contributed by atoms with Gasteiger partial charge in [-0.15, -0.1) is 0 Å². The summed E-state index contributed by atoms with van der Waals surface area (Å²) in [6.07, 6.45) is 14.3. The molecule has 1 fully saturated rings. The second-order valence-electron chi connectivity index (χ2n) is 3.77. The molecule has 0 aromatic heterocycles. The van der Waals surface area contributed by atoms with E-state index in [2.05, 4.69) is 6.08 Å². The van der Waals surface area contributed by atoms with E-state index in [4.69, 9.17) is 0 Å². The lowest BCUT2D eigenvalue weighted by molar-refractivity contribution is 0.650. The maximum Gasteiger partial charge on any atom is 0.108 e.